The minimum atomic E-state index is 0.447. The largest absolute Gasteiger partial charge is 0.306 e. The summed E-state index contributed by atoms with van der Waals surface area (Å²) < 4.78 is 0. The highest BCUT2D eigenvalue weighted by molar-refractivity contribution is 7.99. The van der Waals surface area contributed by atoms with Crippen LogP contribution < -0.4 is 5.32 Å². The van der Waals surface area contributed by atoms with Crippen LogP contribution in [0.1, 0.15) is 43.9 Å². The van der Waals surface area contributed by atoms with Gasteiger partial charge in [0.2, 0.25) is 0 Å². The van der Waals surface area contributed by atoms with E-state index in [0.29, 0.717) is 17.5 Å². The molecule has 1 nitrogen and oxygen atoms in total. The third-order valence-corrected chi connectivity index (χ3v) is 5.72. The Kier molecular flexibility index (Phi) is 3.42. The van der Waals surface area contributed by atoms with Gasteiger partial charge in [-0.1, -0.05) is 38.1 Å². The third-order valence-electron chi connectivity index (χ3n) is 4.65. The van der Waals surface area contributed by atoms with Crippen LogP contribution in [0.15, 0.2) is 24.3 Å². The van der Waals surface area contributed by atoms with Crippen LogP contribution in [-0.2, 0) is 6.42 Å². The molecular formula is C16H23NS. The Labute approximate surface area is 115 Å². The van der Waals surface area contributed by atoms with E-state index in [-0.39, 0.29) is 0 Å². The first-order valence-corrected chi connectivity index (χ1v) is 8.24. The number of hydrogen-bond acceptors (Lipinski definition) is 2. The van der Waals surface area contributed by atoms with Gasteiger partial charge in [-0.05, 0) is 41.6 Å². The summed E-state index contributed by atoms with van der Waals surface area (Å²) >= 11 is 2.11. The van der Waals surface area contributed by atoms with E-state index in [1.165, 1.54) is 30.8 Å². The van der Waals surface area contributed by atoms with Crippen molar-refractivity contribution in [3.63, 3.8) is 0 Å². The summed E-state index contributed by atoms with van der Waals surface area (Å²) in [5.41, 5.74) is 3.54. The minimum Gasteiger partial charge on any atom is -0.306 e. The number of thioether (sulfide) groups is 1. The summed E-state index contributed by atoms with van der Waals surface area (Å²) in [6, 6.07) is 10.2. The molecule has 1 aliphatic carbocycles. The first kappa shape index (κ1) is 12.6. The zero-order chi connectivity index (χ0) is 12.6. The number of rotatable bonds is 2. The van der Waals surface area contributed by atoms with E-state index in [9.17, 15) is 0 Å². The van der Waals surface area contributed by atoms with Crippen LogP contribution in [0.5, 0.6) is 0 Å². The maximum atomic E-state index is 3.94. The van der Waals surface area contributed by atoms with Crippen molar-refractivity contribution in [2.24, 2.45) is 5.41 Å². The molecule has 0 aromatic heterocycles. The molecule has 1 heterocycles. The van der Waals surface area contributed by atoms with Crippen LogP contribution in [-0.4, -0.2) is 17.5 Å². The second kappa shape index (κ2) is 4.90. The molecule has 0 spiro atoms. The fraction of sp³-hybridized carbons (Fsp3) is 0.625. The second-order valence-electron chi connectivity index (χ2n) is 6.32. The average molecular weight is 261 g/mol. The molecular weight excluding hydrogens is 238 g/mol. The van der Waals surface area contributed by atoms with Gasteiger partial charge in [0.05, 0.1) is 0 Å². The van der Waals surface area contributed by atoms with Gasteiger partial charge in [0.15, 0.2) is 0 Å². The number of aryl methyl sites for hydroxylation is 1. The predicted molar refractivity (Wildman–Crippen MR) is 80.2 cm³/mol. The lowest BCUT2D eigenvalue weighted by Gasteiger charge is -2.40. The van der Waals surface area contributed by atoms with Gasteiger partial charge >= 0.3 is 0 Å². The van der Waals surface area contributed by atoms with Crippen LogP contribution in [0, 0.1) is 5.41 Å². The van der Waals surface area contributed by atoms with Gasteiger partial charge in [-0.15, -0.1) is 0 Å². The lowest BCUT2D eigenvalue weighted by Crippen LogP contribution is -2.47. The van der Waals surface area contributed by atoms with Crippen LogP contribution in [0.3, 0.4) is 0 Å². The van der Waals surface area contributed by atoms with Gasteiger partial charge in [0.1, 0.15) is 0 Å². The maximum absolute atomic E-state index is 3.94. The lowest BCUT2D eigenvalue weighted by atomic mass is 9.81. The van der Waals surface area contributed by atoms with Crippen molar-refractivity contribution in [1.82, 2.24) is 5.32 Å². The Hall–Kier alpha value is -0.470. The monoisotopic (exact) mass is 261 g/mol. The van der Waals surface area contributed by atoms with E-state index in [4.69, 9.17) is 0 Å². The molecule has 2 atom stereocenters. The summed E-state index contributed by atoms with van der Waals surface area (Å²) in [6.45, 7) is 4.84. The smallest absolute Gasteiger partial charge is 0.0329 e. The van der Waals surface area contributed by atoms with Crippen molar-refractivity contribution in [3.05, 3.63) is 35.4 Å². The topological polar surface area (TPSA) is 12.0 Å². The zero-order valence-corrected chi connectivity index (χ0v) is 12.2. The van der Waals surface area contributed by atoms with E-state index in [0.717, 1.165) is 0 Å². The van der Waals surface area contributed by atoms with Gasteiger partial charge in [-0.25, -0.2) is 0 Å². The summed E-state index contributed by atoms with van der Waals surface area (Å²) in [4.78, 5) is 0. The molecule has 2 aliphatic rings. The fourth-order valence-electron chi connectivity index (χ4n) is 3.18. The first-order chi connectivity index (χ1) is 8.67. The molecule has 3 rings (SSSR count). The standard InChI is InChI=1S/C16H23NS/c1-16(2)9-10-18-11-15(16)17-14-8-7-12-5-3-4-6-13(12)14/h3-6,14-15,17H,7-11H2,1-2H3. The highest BCUT2D eigenvalue weighted by Gasteiger charge is 2.35. The van der Waals surface area contributed by atoms with Crippen LogP contribution >= 0.6 is 11.8 Å². The third kappa shape index (κ3) is 2.33. The molecule has 2 heteroatoms. The number of fused-ring (bicyclic) bond motifs is 1. The van der Waals surface area contributed by atoms with Crippen molar-refractivity contribution in [3.8, 4) is 0 Å². The molecule has 18 heavy (non-hydrogen) atoms. The molecule has 1 saturated heterocycles. The van der Waals surface area contributed by atoms with Crippen LogP contribution in [0.2, 0.25) is 0 Å². The van der Waals surface area contributed by atoms with E-state index in [1.807, 2.05) is 0 Å². The van der Waals surface area contributed by atoms with E-state index >= 15 is 0 Å². The summed E-state index contributed by atoms with van der Waals surface area (Å²) in [5.74, 6) is 2.60. The molecule has 1 aromatic rings. The normalized spacial score (nSPS) is 30.1. The molecule has 1 N–H and O–H groups in total. The van der Waals surface area contributed by atoms with Gasteiger partial charge in [0.25, 0.3) is 0 Å². The highest BCUT2D eigenvalue weighted by Crippen LogP contribution is 2.38. The molecule has 1 aromatic carbocycles. The molecule has 0 radical (unpaired) electrons. The SMILES string of the molecule is CC1(C)CCSCC1NC1CCc2ccccc21. The van der Waals surface area contributed by atoms with Crippen molar-refractivity contribution >= 4 is 11.8 Å². The Morgan fingerprint density at radius 3 is 2.94 bits per heavy atom. The van der Waals surface area contributed by atoms with Gasteiger partial charge < -0.3 is 5.32 Å². The average Bonchev–Trinajstić information content (AvgIpc) is 2.75. The molecule has 0 bridgehead atoms. The Morgan fingerprint density at radius 1 is 1.28 bits per heavy atom. The molecule has 98 valence electrons. The van der Waals surface area contributed by atoms with Crippen LogP contribution in [0.25, 0.3) is 0 Å². The number of benzene rings is 1. The van der Waals surface area contributed by atoms with Crippen molar-refractivity contribution < 1.29 is 0 Å². The van der Waals surface area contributed by atoms with Gasteiger partial charge in [0, 0.05) is 17.8 Å². The summed E-state index contributed by atoms with van der Waals surface area (Å²) in [5, 5.41) is 3.94. The lowest BCUT2D eigenvalue weighted by molar-refractivity contribution is 0.228. The molecule has 2 unspecified atom stereocenters. The van der Waals surface area contributed by atoms with Crippen molar-refractivity contribution in [1.29, 1.82) is 0 Å². The quantitative estimate of drug-likeness (QED) is 0.869. The zero-order valence-electron chi connectivity index (χ0n) is 11.4. The summed E-state index contributed by atoms with van der Waals surface area (Å²) in [7, 11) is 0. The van der Waals surface area contributed by atoms with Crippen molar-refractivity contribution in [2.45, 2.75) is 45.2 Å². The van der Waals surface area contributed by atoms with E-state index < -0.39 is 0 Å². The summed E-state index contributed by atoms with van der Waals surface area (Å²) in [6.07, 6.45) is 3.86. The Morgan fingerprint density at radius 2 is 2.11 bits per heavy atom. The van der Waals surface area contributed by atoms with E-state index in [2.05, 4.69) is 55.2 Å². The predicted octanol–water partition coefficient (Wildman–Crippen LogP) is 3.80. The fourth-order valence-corrected chi connectivity index (χ4v) is 4.80. The maximum Gasteiger partial charge on any atom is 0.0329 e. The van der Waals surface area contributed by atoms with Gasteiger partial charge in [-0.3, -0.25) is 0 Å². The number of nitrogens with one attached hydrogen (secondary N) is 1. The number of hydrogen-bond donors (Lipinski definition) is 1. The molecule has 1 aliphatic heterocycles. The minimum absolute atomic E-state index is 0.447. The van der Waals surface area contributed by atoms with Crippen LogP contribution in [0.4, 0.5) is 0 Å². The highest BCUT2D eigenvalue weighted by atomic mass is 32.2. The molecule has 0 saturated carbocycles. The second-order valence-corrected chi connectivity index (χ2v) is 7.47. The Bertz CT molecular complexity index is 427. The first-order valence-electron chi connectivity index (χ1n) is 7.08. The Balaban J connectivity index is 1.74. The molecule has 1 fully saturated rings. The van der Waals surface area contributed by atoms with E-state index in [1.54, 1.807) is 11.1 Å². The molecule has 0 amide bonds. The van der Waals surface area contributed by atoms with Crippen molar-refractivity contribution in [2.75, 3.05) is 11.5 Å². The van der Waals surface area contributed by atoms with Gasteiger partial charge in [-0.2, -0.15) is 11.8 Å².